The van der Waals surface area contributed by atoms with E-state index in [2.05, 4.69) is 9.97 Å². The number of anilines is 1. The number of benzene rings is 1. The second-order valence-electron chi connectivity index (χ2n) is 5.03. The summed E-state index contributed by atoms with van der Waals surface area (Å²) in [6.07, 6.45) is 1.11. The summed E-state index contributed by atoms with van der Waals surface area (Å²) in [4.78, 5) is 38.8. The number of fused-ring (bicyclic) bond motifs is 1. The highest BCUT2D eigenvalue weighted by atomic mass is 35.5. The molecule has 130 valence electrons. The molecule has 0 radical (unpaired) electrons. The zero-order valence-electron chi connectivity index (χ0n) is 12.7. The number of sulfonamides is 1. The number of aromatic amines is 2. The predicted octanol–water partition coefficient (Wildman–Crippen LogP) is 0.283. The molecule has 2 rings (SSSR count). The molecule has 0 unspecified atom stereocenters. The van der Waals surface area contributed by atoms with Crippen molar-refractivity contribution in [3.63, 3.8) is 0 Å². The van der Waals surface area contributed by atoms with Crippen molar-refractivity contribution in [1.82, 2.24) is 9.97 Å². The molecule has 3 N–H and O–H groups in total. The van der Waals surface area contributed by atoms with E-state index in [9.17, 15) is 22.8 Å². The molecule has 2 aromatic rings. The fourth-order valence-electron chi connectivity index (χ4n) is 2.35. The highest BCUT2D eigenvalue weighted by molar-refractivity contribution is 7.92. The standard InChI is InChI=1S/C13H14ClN3O6S/c1-3-6-7(14)4-8-10(16-13(21)12(20)15-8)11(6)17(5-9(18)19)24(2,22)23/h4H,3,5H2,1-2H3,(H,15,20)(H,16,21)(H,18,19). The lowest BCUT2D eigenvalue weighted by molar-refractivity contribution is -0.135. The molecule has 0 bridgehead atoms. The quantitative estimate of drug-likeness (QED) is 0.641. The average molecular weight is 376 g/mol. The van der Waals surface area contributed by atoms with Crippen LogP contribution in [0.2, 0.25) is 5.02 Å². The van der Waals surface area contributed by atoms with E-state index in [1.807, 2.05) is 0 Å². The SMILES string of the molecule is CCc1c(Cl)cc2[nH]c(=O)c(=O)[nH]c2c1N(CC(=O)O)S(C)(=O)=O. The van der Waals surface area contributed by atoms with Gasteiger partial charge in [-0.2, -0.15) is 0 Å². The van der Waals surface area contributed by atoms with Gasteiger partial charge in [0.15, 0.2) is 0 Å². The second-order valence-corrected chi connectivity index (χ2v) is 7.35. The third-order valence-electron chi connectivity index (χ3n) is 3.33. The molecular formula is C13H14ClN3O6S. The van der Waals surface area contributed by atoms with Crippen LogP contribution < -0.4 is 15.4 Å². The minimum absolute atomic E-state index is 0.00692. The molecular weight excluding hydrogens is 362 g/mol. The Morgan fingerprint density at radius 2 is 1.88 bits per heavy atom. The highest BCUT2D eigenvalue weighted by Crippen LogP contribution is 2.35. The molecule has 0 atom stereocenters. The molecule has 1 aromatic heterocycles. The molecule has 24 heavy (non-hydrogen) atoms. The Hall–Kier alpha value is -2.33. The average Bonchev–Trinajstić information content (AvgIpc) is 2.44. The fourth-order valence-corrected chi connectivity index (χ4v) is 3.56. The Morgan fingerprint density at radius 1 is 1.29 bits per heavy atom. The van der Waals surface area contributed by atoms with Crippen LogP contribution in [0, 0.1) is 0 Å². The normalized spacial score (nSPS) is 11.6. The predicted molar refractivity (Wildman–Crippen MR) is 89.4 cm³/mol. The van der Waals surface area contributed by atoms with Crippen LogP contribution in [-0.2, 0) is 21.2 Å². The smallest absolute Gasteiger partial charge is 0.324 e. The second kappa shape index (κ2) is 6.29. The van der Waals surface area contributed by atoms with E-state index in [4.69, 9.17) is 16.7 Å². The van der Waals surface area contributed by atoms with Gasteiger partial charge in [-0.15, -0.1) is 0 Å². The maximum atomic E-state index is 12.1. The Labute approximate surface area is 140 Å². The largest absolute Gasteiger partial charge is 0.480 e. The lowest BCUT2D eigenvalue weighted by Crippen LogP contribution is -2.37. The van der Waals surface area contributed by atoms with E-state index in [-0.39, 0.29) is 28.2 Å². The number of carboxylic acid groups (broad SMARTS) is 1. The van der Waals surface area contributed by atoms with Crippen LogP contribution in [0.5, 0.6) is 0 Å². The van der Waals surface area contributed by atoms with Crippen LogP contribution in [0.3, 0.4) is 0 Å². The van der Waals surface area contributed by atoms with Crippen molar-refractivity contribution in [2.24, 2.45) is 0 Å². The number of hydrogen-bond acceptors (Lipinski definition) is 5. The van der Waals surface area contributed by atoms with Gasteiger partial charge in [-0.3, -0.25) is 18.7 Å². The number of H-pyrrole nitrogens is 2. The Kier molecular flexibility index (Phi) is 4.72. The van der Waals surface area contributed by atoms with Crippen molar-refractivity contribution < 1.29 is 18.3 Å². The van der Waals surface area contributed by atoms with Gasteiger partial charge in [0, 0.05) is 5.02 Å². The summed E-state index contributed by atoms with van der Waals surface area (Å²) >= 11 is 6.15. The zero-order chi connectivity index (χ0) is 18.2. The minimum Gasteiger partial charge on any atom is -0.480 e. The third-order valence-corrected chi connectivity index (χ3v) is 4.78. The molecule has 11 heteroatoms. The van der Waals surface area contributed by atoms with Gasteiger partial charge in [0.1, 0.15) is 6.54 Å². The Balaban J connectivity index is 3.02. The van der Waals surface area contributed by atoms with Crippen molar-refractivity contribution in [1.29, 1.82) is 0 Å². The summed E-state index contributed by atoms with van der Waals surface area (Å²) in [6, 6.07) is 1.37. The van der Waals surface area contributed by atoms with Gasteiger partial charge in [0.25, 0.3) is 0 Å². The molecule has 0 saturated heterocycles. The summed E-state index contributed by atoms with van der Waals surface area (Å²) in [7, 11) is -4.00. The first kappa shape index (κ1) is 18.0. The number of nitrogens with zero attached hydrogens (tertiary/aromatic N) is 1. The first-order valence-electron chi connectivity index (χ1n) is 6.73. The first-order valence-corrected chi connectivity index (χ1v) is 8.96. The molecule has 1 heterocycles. The lowest BCUT2D eigenvalue weighted by atomic mass is 10.1. The van der Waals surface area contributed by atoms with Crippen molar-refractivity contribution >= 4 is 44.3 Å². The molecule has 0 aliphatic rings. The van der Waals surface area contributed by atoms with Crippen molar-refractivity contribution in [2.45, 2.75) is 13.3 Å². The van der Waals surface area contributed by atoms with Crippen molar-refractivity contribution in [3.05, 3.63) is 37.4 Å². The monoisotopic (exact) mass is 375 g/mol. The van der Waals surface area contributed by atoms with E-state index in [0.29, 0.717) is 9.87 Å². The van der Waals surface area contributed by atoms with Gasteiger partial charge in [-0.1, -0.05) is 18.5 Å². The number of hydrogen-bond donors (Lipinski definition) is 3. The van der Waals surface area contributed by atoms with Gasteiger partial charge in [-0.25, -0.2) is 8.42 Å². The third kappa shape index (κ3) is 3.29. The summed E-state index contributed by atoms with van der Waals surface area (Å²) in [6.45, 7) is 0.837. The van der Waals surface area contributed by atoms with Gasteiger partial charge < -0.3 is 15.1 Å². The maximum Gasteiger partial charge on any atom is 0.324 e. The maximum absolute atomic E-state index is 12.1. The molecule has 0 fully saturated rings. The number of rotatable bonds is 5. The summed E-state index contributed by atoms with van der Waals surface area (Å²) in [5.74, 6) is -1.39. The fraction of sp³-hybridized carbons (Fsp3) is 0.308. The summed E-state index contributed by atoms with van der Waals surface area (Å²) in [5, 5.41) is 9.18. The number of aliphatic carboxylic acids is 1. The van der Waals surface area contributed by atoms with Crippen LogP contribution in [0.1, 0.15) is 12.5 Å². The zero-order valence-corrected chi connectivity index (χ0v) is 14.3. The molecule has 0 spiro atoms. The number of nitrogens with one attached hydrogen (secondary N) is 2. The van der Waals surface area contributed by atoms with Gasteiger partial charge in [0.2, 0.25) is 10.0 Å². The highest BCUT2D eigenvalue weighted by Gasteiger charge is 2.27. The van der Waals surface area contributed by atoms with E-state index >= 15 is 0 Å². The Morgan fingerprint density at radius 3 is 2.38 bits per heavy atom. The topological polar surface area (TPSA) is 140 Å². The lowest BCUT2D eigenvalue weighted by Gasteiger charge is -2.25. The molecule has 0 aliphatic carbocycles. The van der Waals surface area contributed by atoms with Crippen LogP contribution in [0.15, 0.2) is 15.7 Å². The molecule has 0 aliphatic heterocycles. The van der Waals surface area contributed by atoms with Crippen molar-refractivity contribution in [3.8, 4) is 0 Å². The molecule has 1 aromatic carbocycles. The van der Waals surface area contributed by atoms with E-state index < -0.39 is 33.7 Å². The Bertz CT molecular complexity index is 1040. The summed E-state index contributed by atoms with van der Waals surface area (Å²) in [5.41, 5.74) is -1.57. The van der Waals surface area contributed by atoms with Crippen LogP contribution in [0.4, 0.5) is 5.69 Å². The number of carbonyl (C=O) groups is 1. The van der Waals surface area contributed by atoms with Crippen LogP contribution >= 0.6 is 11.6 Å². The van der Waals surface area contributed by atoms with Gasteiger partial charge in [-0.05, 0) is 18.1 Å². The molecule has 9 nitrogen and oxygen atoms in total. The number of aromatic nitrogens is 2. The number of carboxylic acids is 1. The molecule has 0 amide bonds. The van der Waals surface area contributed by atoms with Gasteiger partial charge >= 0.3 is 17.1 Å². The van der Waals surface area contributed by atoms with Gasteiger partial charge in [0.05, 0.1) is 23.0 Å². The van der Waals surface area contributed by atoms with Crippen molar-refractivity contribution in [2.75, 3.05) is 17.1 Å². The van der Waals surface area contributed by atoms with Crippen LogP contribution in [-0.4, -0.2) is 42.3 Å². The van der Waals surface area contributed by atoms with E-state index in [1.54, 1.807) is 6.92 Å². The number of halogens is 1. The van der Waals surface area contributed by atoms with Crippen LogP contribution in [0.25, 0.3) is 11.0 Å². The minimum atomic E-state index is -4.00. The first-order chi connectivity index (χ1) is 11.1. The summed E-state index contributed by atoms with van der Waals surface area (Å²) < 4.78 is 24.8. The molecule has 0 saturated carbocycles. The van der Waals surface area contributed by atoms with E-state index in [0.717, 1.165) is 6.26 Å². The van der Waals surface area contributed by atoms with E-state index in [1.165, 1.54) is 6.07 Å².